The molecule has 0 amide bonds. The summed E-state index contributed by atoms with van der Waals surface area (Å²) in [4.78, 5) is 24.0. The lowest BCUT2D eigenvalue weighted by molar-refractivity contribution is -0.146. The van der Waals surface area contributed by atoms with Crippen LogP contribution in [0.3, 0.4) is 0 Å². The molecule has 0 aliphatic rings. The summed E-state index contributed by atoms with van der Waals surface area (Å²) in [6.45, 7) is 6.48. The number of hydrogen-bond acceptors (Lipinski definition) is 3. The molecule has 0 heterocycles. The first-order chi connectivity index (χ1) is 10.5. The van der Waals surface area contributed by atoms with Crippen LogP contribution in [0.1, 0.15) is 63.2 Å². The summed E-state index contributed by atoms with van der Waals surface area (Å²) in [6.07, 6.45) is 5.60. The van der Waals surface area contributed by atoms with Crippen LogP contribution in [0.5, 0.6) is 0 Å². The van der Waals surface area contributed by atoms with Crippen LogP contribution in [-0.4, -0.2) is 18.4 Å². The third kappa shape index (κ3) is 6.88. The van der Waals surface area contributed by atoms with E-state index in [-0.39, 0.29) is 5.78 Å². The molecule has 0 N–H and O–H groups in total. The number of ether oxygens (including phenoxy) is 1. The van der Waals surface area contributed by atoms with Crippen LogP contribution in [0, 0.1) is 11.8 Å². The van der Waals surface area contributed by atoms with Crippen molar-refractivity contribution in [3.63, 3.8) is 0 Å². The second-order valence-electron chi connectivity index (χ2n) is 6.22. The Morgan fingerprint density at radius 1 is 0.955 bits per heavy atom. The topological polar surface area (TPSA) is 43.4 Å². The van der Waals surface area contributed by atoms with Crippen molar-refractivity contribution in [1.82, 2.24) is 0 Å². The highest BCUT2D eigenvalue weighted by molar-refractivity contribution is 6.08. The summed E-state index contributed by atoms with van der Waals surface area (Å²) in [5, 5.41) is 0. The van der Waals surface area contributed by atoms with Gasteiger partial charge in [0.25, 0.3) is 0 Å². The molecule has 3 nitrogen and oxygen atoms in total. The van der Waals surface area contributed by atoms with E-state index in [0.717, 1.165) is 18.8 Å². The maximum atomic E-state index is 12.1. The number of carbonyl (C=O) groups excluding carboxylic acids is 2. The highest BCUT2D eigenvalue weighted by Crippen LogP contribution is 2.12. The van der Waals surface area contributed by atoms with Crippen molar-refractivity contribution < 1.29 is 14.3 Å². The predicted octanol–water partition coefficient (Wildman–Crippen LogP) is 4.66. The molecule has 0 aromatic heterocycles. The molecule has 1 aromatic rings. The minimum Gasteiger partial charge on any atom is -0.465 e. The molecule has 0 saturated carbocycles. The lowest BCUT2D eigenvalue weighted by Gasteiger charge is -2.11. The molecule has 0 bridgehead atoms. The Balaban J connectivity index is 2.21. The largest absolute Gasteiger partial charge is 0.465 e. The van der Waals surface area contributed by atoms with E-state index in [1.54, 1.807) is 31.2 Å². The average Bonchev–Trinajstić information content (AvgIpc) is 2.52. The third-order valence-electron chi connectivity index (χ3n) is 3.73. The zero-order valence-corrected chi connectivity index (χ0v) is 14.0. The Morgan fingerprint density at radius 3 is 2.23 bits per heavy atom. The maximum Gasteiger partial charge on any atom is 0.316 e. The molecule has 0 radical (unpaired) electrons. The zero-order chi connectivity index (χ0) is 16.4. The van der Waals surface area contributed by atoms with Gasteiger partial charge in [0, 0.05) is 5.56 Å². The summed E-state index contributed by atoms with van der Waals surface area (Å²) < 4.78 is 5.21. The lowest BCUT2D eigenvalue weighted by Crippen LogP contribution is -2.23. The molecule has 122 valence electrons. The van der Waals surface area contributed by atoms with E-state index >= 15 is 0 Å². The van der Waals surface area contributed by atoms with Gasteiger partial charge < -0.3 is 4.74 Å². The number of unbranched alkanes of at least 4 members (excludes halogenated alkanes) is 3. The van der Waals surface area contributed by atoms with Gasteiger partial charge in [-0.1, -0.05) is 69.9 Å². The normalized spacial score (nSPS) is 12.2. The number of esters is 1. The molecular formula is C19H28O3. The Hall–Kier alpha value is -1.64. The van der Waals surface area contributed by atoms with Gasteiger partial charge in [-0.2, -0.15) is 0 Å². The second kappa shape index (κ2) is 10.1. The van der Waals surface area contributed by atoms with Crippen LogP contribution in [0.15, 0.2) is 30.3 Å². The Bertz CT molecular complexity index is 451. The molecule has 1 rings (SSSR count). The molecule has 1 unspecified atom stereocenters. The number of carbonyl (C=O) groups is 2. The molecular weight excluding hydrogens is 276 g/mol. The average molecular weight is 304 g/mol. The SMILES string of the molecule is CC(C)CCCCCCOC(=O)C(C)C(=O)c1ccccc1. The minimum atomic E-state index is -0.733. The van der Waals surface area contributed by atoms with E-state index in [2.05, 4.69) is 13.8 Å². The quantitative estimate of drug-likeness (QED) is 0.273. The minimum absolute atomic E-state index is 0.178. The fourth-order valence-corrected chi connectivity index (χ4v) is 2.27. The molecule has 1 aromatic carbocycles. The van der Waals surface area contributed by atoms with E-state index in [9.17, 15) is 9.59 Å². The first-order valence-corrected chi connectivity index (χ1v) is 8.28. The van der Waals surface area contributed by atoms with Crippen LogP contribution in [-0.2, 0) is 9.53 Å². The summed E-state index contributed by atoms with van der Waals surface area (Å²) in [5.74, 6) is -0.579. The second-order valence-corrected chi connectivity index (χ2v) is 6.22. The maximum absolute atomic E-state index is 12.1. The Morgan fingerprint density at radius 2 is 1.59 bits per heavy atom. The number of Topliss-reactive ketones (excluding diaryl/α,β-unsaturated/α-hetero) is 1. The van der Waals surface area contributed by atoms with E-state index < -0.39 is 11.9 Å². The smallest absolute Gasteiger partial charge is 0.316 e. The van der Waals surface area contributed by atoms with Gasteiger partial charge in [0.1, 0.15) is 5.92 Å². The number of benzene rings is 1. The molecule has 3 heteroatoms. The molecule has 0 aliphatic heterocycles. The molecule has 0 fully saturated rings. The predicted molar refractivity (Wildman–Crippen MR) is 88.8 cm³/mol. The Labute approximate surface area is 134 Å². The summed E-state index contributed by atoms with van der Waals surface area (Å²) in [7, 11) is 0. The van der Waals surface area contributed by atoms with Gasteiger partial charge in [0.05, 0.1) is 6.61 Å². The number of rotatable bonds is 10. The van der Waals surface area contributed by atoms with Gasteiger partial charge in [-0.3, -0.25) is 9.59 Å². The fourth-order valence-electron chi connectivity index (χ4n) is 2.27. The van der Waals surface area contributed by atoms with E-state index in [1.807, 2.05) is 6.07 Å². The van der Waals surface area contributed by atoms with Crippen molar-refractivity contribution in [3.05, 3.63) is 35.9 Å². The van der Waals surface area contributed by atoms with Crippen molar-refractivity contribution in [2.45, 2.75) is 52.9 Å². The third-order valence-corrected chi connectivity index (χ3v) is 3.73. The highest BCUT2D eigenvalue weighted by atomic mass is 16.5. The van der Waals surface area contributed by atoms with Crippen molar-refractivity contribution in [2.24, 2.45) is 11.8 Å². The lowest BCUT2D eigenvalue weighted by atomic mass is 10.00. The van der Waals surface area contributed by atoms with E-state index in [4.69, 9.17) is 4.74 Å². The zero-order valence-electron chi connectivity index (χ0n) is 14.0. The first kappa shape index (κ1) is 18.4. The number of hydrogen-bond donors (Lipinski definition) is 0. The van der Waals surface area contributed by atoms with Crippen molar-refractivity contribution >= 4 is 11.8 Å². The van der Waals surface area contributed by atoms with Gasteiger partial charge >= 0.3 is 5.97 Å². The molecule has 0 saturated heterocycles. The van der Waals surface area contributed by atoms with Gasteiger partial charge in [-0.05, 0) is 19.3 Å². The summed E-state index contributed by atoms with van der Waals surface area (Å²) in [6, 6.07) is 8.88. The van der Waals surface area contributed by atoms with Crippen LogP contribution in [0.2, 0.25) is 0 Å². The van der Waals surface area contributed by atoms with Crippen LogP contribution in [0.25, 0.3) is 0 Å². The molecule has 0 aliphatic carbocycles. The number of ketones is 1. The molecule has 22 heavy (non-hydrogen) atoms. The van der Waals surface area contributed by atoms with Gasteiger partial charge in [-0.25, -0.2) is 0 Å². The molecule has 0 spiro atoms. The van der Waals surface area contributed by atoms with E-state index in [1.165, 1.54) is 19.3 Å². The van der Waals surface area contributed by atoms with Crippen molar-refractivity contribution in [3.8, 4) is 0 Å². The first-order valence-electron chi connectivity index (χ1n) is 8.28. The van der Waals surface area contributed by atoms with Gasteiger partial charge in [0.2, 0.25) is 0 Å². The van der Waals surface area contributed by atoms with E-state index in [0.29, 0.717) is 12.2 Å². The van der Waals surface area contributed by atoms with Gasteiger partial charge in [-0.15, -0.1) is 0 Å². The summed E-state index contributed by atoms with van der Waals surface area (Å²) >= 11 is 0. The highest BCUT2D eigenvalue weighted by Gasteiger charge is 2.23. The van der Waals surface area contributed by atoms with Gasteiger partial charge in [0.15, 0.2) is 5.78 Å². The van der Waals surface area contributed by atoms with Crippen LogP contribution in [0.4, 0.5) is 0 Å². The standard InChI is InChI=1S/C19H28O3/c1-15(2)11-7-4-5-10-14-22-19(21)16(3)18(20)17-12-8-6-9-13-17/h6,8-9,12-13,15-16H,4-5,7,10-11,14H2,1-3H3. The Kier molecular flexibility index (Phi) is 8.49. The van der Waals surface area contributed by atoms with Crippen LogP contribution < -0.4 is 0 Å². The van der Waals surface area contributed by atoms with Crippen molar-refractivity contribution in [1.29, 1.82) is 0 Å². The van der Waals surface area contributed by atoms with Crippen molar-refractivity contribution in [2.75, 3.05) is 6.61 Å². The van der Waals surface area contributed by atoms with Crippen LogP contribution >= 0.6 is 0 Å². The monoisotopic (exact) mass is 304 g/mol. The summed E-state index contributed by atoms with van der Waals surface area (Å²) in [5.41, 5.74) is 0.556. The fraction of sp³-hybridized carbons (Fsp3) is 0.579. The molecule has 1 atom stereocenters.